The van der Waals surface area contributed by atoms with Crippen molar-refractivity contribution in [3.63, 3.8) is 0 Å². The van der Waals surface area contributed by atoms with Gasteiger partial charge in [-0.05, 0) is 31.9 Å². The molecular weight excluding hydrogens is 280 g/mol. The molecule has 0 radical (unpaired) electrons. The number of piperidine rings is 1. The fourth-order valence-electron chi connectivity index (χ4n) is 2.21. The first-order chi connectivity index (χ1) is 9.39. The maximum absolute atomic E-state index is 12.4. The van der Waals surface area contributed by atoms with Gasteiger partial charge in [0.2, 0.25) is 10.0 Å². The third kappa shape index (κ3) is 3.29. The van der Waals surface area contributed by atoms with E-state index in [0.29, 0.717) is 25.9 Å². The predicted molar refractivity (Wildman–Crippen MR) is 73.6 cm³/mol. The van der Waals surface area contributed by atoms with Gasteiger partial charge in [0.05, 0.1) is 4.90 Å². The van der Waals surface area contributed by atoms with Gasteiger partial charge in [0.1, 0.15) is 6.10 Å². The molecule has 1 saturated heterocycles. The lowest BCUT2D eigenvalue weighted by molar-refractivity contribution is 0.0741. The molecular formula is C13H18N2O4S. The van der Waals surface area contributed by atoms with Crippen molar-refractivity contribution < 1.29 is 17.9 Å². The quantitative estimate of drug-likeness (QED) is 0.909. The topological polar surface area (TPSA) is 89.7 Å². The number of hydrogen-bond acceptors (Lipinski definition) is 4. The van der Waals surface area contributed by atoms with Crippen LogP contribution in [-0.4, -0.2) is 38.0 Å². The first kappa shape index (κ1) is 14.8. The van der Waals surface area contributed by atoms with Crippen molar-refractivity contribution in [1.29, 1.82) is 0 Å². The Balaban J connectivity index is 2.05. The van der Waals surface area contributed by atoms with Crippen LogP contribution in [0.4, 0.5) is 4.79 Å². The summed E-state index contributed by atoms with van der Waals surface area (Å²) in [6, 6.07) is 6.76. The molecule has 1 aliphatic rings. The summed E-state index contributed by atoms with van der Waals surface area (Å²) in [5.74, 6) is 0. The van der Waals surface area contributed by atoms with Gasteiger partial charge in [0.25, 0.3) is 0 Å². The zero-order valence-corrected chi connectivity index (χ0v) is 12.1. The lowest BCUT2D eigenvalue weighted by Crippen LogP contribution is -2.41. The van der Waals surface area contributed by atoms with Crippen molar-refractivity contribution in [2.24, 2.45) is 5.73 Å². The van der Waals surface area contributed by atoms with Crippen molar-refractivity contribution in [2.45, 2.75) is 30.8 Å². The molecule has 1 amide bonds. The van der Waals surface area contributed by atoms with Crippen LogP contribution < -0.4 is 5.73 Å². The Labute approximate surface area is 118 Å². The van der Waals surface area contributed by atoms with E-state index in [1.165, 1.54) is 4.31 Å². The van der Waals surface area contributed by atoms with E-state index < -0.39 is 16.1 Å². The highest BCUT2D eigenvalue weighted by Gasteiger charge is 2.30. The van der Waals surface area contributed by atoms with Crippen LogP contribution in [0.1, 0.15) is 18.4 Å². The molecule has 0 unspecified atom stereocenters. The molecule has 0 spiro atoms. The van der Waals surface area contributed by atoms with Gasteiger partial charge in [-0.3, -0.25) is 0 Å². The summed E-state index contributed by atoms with van der Waals surface area (Å²) in [6.45, 7) is 2.56. The summed E-state index contributed by atoms with van der Waals surface area (Å²) in [5, 5.41) is 0. The predicted octanol–water partition coefficient (Wildman–Crippen LogP) is 1.24. The highest BCUT2D eigenvalue weighted by atomic mass is 32.2. The molecule has 1 fully saturated rings. The number of primary amides is 1. The number of rotatable bonds is 3. The molecule has 2 N–H and O–H groups in total. The molecule has 7 heteroatoms. The van der Waals surface area contributed by atoms with Gasteiger partial charge in [-0.1, -0.05) is 17.7 Å². The van der Waals surface area contributed by atoms with Gasteiger partial charge in [-0.15, -0.1) is 0 Å². The second kappa shape index (κ2) is 5.80. The van der Waals surface area contributed by atoms with Crippen LogP contribution in [0.5, 0.6) is 0 Å². The third-order valence-electron chi connectivity index (χ3n) is 3.34. The van der Waals surface area contributed by atoms with E-state index in [0.717, 1.165) is 5.56 Å². The Kier molecular flexibility index (Phi) is 4.29. The monoisotopic (exact) mass is 298 g/mol. The molecule has 20 heavy (non-hydrogen) atoms. The Morgan fingerprint density at radius 2 is 1.80 bits per heavy atom. The highest BCUT2D eigenvalue weighted by Crippen LogP contribution is 2.22. The van der Waals surface area contributed by atoms with E-state index in [4.69, 9.17) is 10.5 Å². The summed E-state index contributed by atoms with van der Waals surface area (Å²) >= 11 is 0. The molecule has 1 heterocycles. The molecule has 0 saturated carbocycles. The third-order valence-corrected chi connectivity index (χ3v) is 5.26. The first-order valence-electron chi connectivity index (χ1n) is 6.42. The minimum Gasteiger partial charge on any atom is -0.446 e. The number of aryl methyl sites for hydroxylation is 1. The Bertz CT molecular complexity index is 575. The van der Waals surface area contributed by atoms with Crippen LogP contribution in [0.2, 0.25) is 0 Å². The lowest BCUT2D eigenvalue weighted by Gasteiger charge is -2.30. The van der Waals surface area contributed by atoms with Gasteiger partial charge in [-0.25, -0.2) is 13.2 Å². The zero-order chi connectivity index (χ0) is 14.8. The SMILES string of the molecule is Cc1ccc(S(=O)(=O)N2CCC(OC(N)=O)CC2)cc1. The van der Waals surface area contributed by atoms with Crippen LogP contribution in [0.25, 0.3) is 0 Å². The molecule has 0 bridgehead atoms. The minimum absolute atomic E-state index is 0.289. The Morgan fingerprint density at radius 1 is 1.25 bits per heavy atom. The second-order valence-corrected chi connectivity index (χ2v) is 6.79. The van der Waals surface area contributed by atoms with Gasteiger partial charge >= 0.3 is 6.09 Å². The van der Waals surface area contributed by atoms with E-state index in [2.05, 4.69) is 0 Å². The fourth-order valence-corrected chi connectivity index (χ4v) is 3.68. The molecule has 1 aromatic carbocycles. The Morgan fingerprint density at radius 3 is 2.30 bits per heavy atom. The highest BCUT2D eigenvalue weighted by molar-refractivity contribution is 7.89. The van der Waals surface area contributed by atoms with Crippen molar-refractivity contribution in [2.75, 3.05) is 13.1 Å². The summed E-state index contributed by atoms with van der Waals surface area (Å²) in [5.41, 5.74) is 5.97. The van der Waals surface area contributed by atoms with Gasteiger partial charge in [0, 0.05) is 13.1 Å². The van der Waals surface area contributed by atoms with Crippen molar-refractivity contribution >= 4 is 16.1 Å². The summed E-state index contributed by atoms with van der Waals surface area (Å²) < 4.78 is 31.1. The maximum atomic E-state index is 12.4. The molecule has 0 atom stereocenters. The fraction of sp³-hybridized carbons (Fsp3) is 0.462. The Hall–Kier alpha value is -1.60. The molecule has 1 aliphatic heterocycles. The van der Waals surface area contributed by atoms with Crippen molar-refractivity contribution in [1.82, 2.24) is 4.31 Å². The average molecular weight is 298 g/mol. The number of carbonyl (C=O) groups is 1. The van der Waals surface area contributed by atoms with Gasteiger partial charge < -0.3 is 10.5 Å². The summed E-state index contributed by atoms with van der Waals surface area (Å²) in [4.78, 5) is 11.0. The number of hydrogen-bond donors (Lipinski definition) is 1. The van der Waals surface area contributed by atoms with Crippen LogP contribution in [0, 0.1) is 6.92 Å². The molecule has 110 valence electrons. The number of ether oxygens (including phenoxy) is 1. The first-order valence-corrected chi connectivity index (χ1v) is 7.86. The largest absolute Gasteiger partial charge is 0.446 e. The van der Waals surface area contributed by atoms with Crippen molar-refractivity contribution in [3.8, 4) is 0 Å². The molecule has 0 aliphatic carbocycles. The summed E-state index contributed by atoms with van der Waals surface area (Å²) in [7, 11) is -3.47. The number of sulfonamides is 1. The van der Waals surface area contributed by atoms with E-state index in [1.54, 1.807) is 24.3 Å². The van der Waals surface area contributed by atoms with Crippen LogP contribution in [-0.2, 0) is 14.8 Å². The molecule has 1 aromatic rings. The van der Waals surface area contributed by atoms with E-state index in [9.17, 15) is 13.2 Å². The van der Waals surface area contributed by atoms with Crippen LogP contribution in [0.15, 0.2) is 29.2 Å². The van der Waals surface area contributed by atoms with Gasteiger partial charge in [-0.2, -0.15) is 4.31 Å². The number of amides is 1. The number of nitrogens with two attached hydrogens (primary N) is 1. The summed E-state index contributed by atoms with van der Waals surface area (Å²) in [6.07, 6.45) is -0.177. The standard InChI is InChI=1S/C13H18N2O4S/c1-10-2-4-12(5-3-10)20(17,18)15-8-6-11(7-9-15)19-13(14)16/h2-5,11H,6-9H2,1H3,(H2,14,16). The number of nitrogens with zero attached hydrogens (tertiary/aromatic N) is 1. The second-order valence-electron chi connectivity index (χ2n) is 4.85. The van der Waals surface area contributed by atoms with Gasteiger partial charge in [0.15, 0.2) is 0 Å². The minimum atomic E-state index is -3.47. The van der Waals surface area contributed by atoms with E-state index >= 15 is 0 Å². The molecule has 2 rings (SSSR count). The van der Waals surface area contributed by atoms with Crippen LogP contribution >= 0.6 is 0 Å². The molecule has 6 nitrogen and oxygen atoms in total. The average Bonchev–Trinajstić information content (AvgIpc) is 2.39. The molecule has 0 aromatic heterocycles. The zero-order valence-electron chi connectivity index (χ0n) is 11.3. The normalized spacial score (nSPS) is 17.9. The van der Waals surface area contributed by atoms with E-state index in [1.807, 2.05) is 6.92 Å². The number of benzene rings is 1. The smallest absolute Gasteiger partial charge is 0.404 e. The van der Waals surface area contributed by atoms with Crippen LogP contribution in [0.3, 0.4) is 0 Å². The maximum Gasteiger partial charge on any atom is 0.404 e. The van der Waals surface area contributed by atoms with E-state index in [-0.39, 0.29) is 11.0 Å². The number of carbonyl (C=O) groups excluding carboxylic acids is 1. The van der Waals surface area contributed by atoms with Crippen molar-refractivity contribution in [3.05, 3.63) is 29.8 Å². The lowest BCUT2D eigenvalue weighted by atomic mass is 10.1.